The minimum atomic E-state index is -4.61. The van der Waals surface area contributed by atoms with E-state index in [2.05, 4.69) is 15.3 Å². The maximum Gasteiger partial charge on any atom is 0.451 e. The molecule has 0 atom stereocenters. The van der Waals surface area contributed by atoms with Crippen LogP contribution in [0.15, 0.2) is 30.5 Å². The normalized spacial score (nSPS) is 15.4. The summed E-state index contributed by atoms with van der Waals surface area (Å²) in [4.78, 5) is 6.64. The number of ether oxygens (including phenoxy) is 1. The van der Waals surface area contributed by atoms with Crippen molar-refractivity contribution in [2.45, 2.75) is 12.3 Å². The molecule has 3 N–H and O–H groups in total. The topological polar surface area (TPSA) is 73.1 Å². The molecule has 5 nitrogen and oxygen atoms in total. The van der Waals surface area contributed by atoms with Gasteiger partial charge in [0.25, 0.3) is 0 Å². The van der Waals surface area contributed by atoms with Gasteiger partial charge in [0.15, 0.2) is 0 Å². The molecule has 0 bridgehead atoms. The zero-order valence-electron chi connectivity index (χ0n) is 11.4. The molecule has 1 fully saturated rings. The van der Waals surface area contributed by atoms with Gasteiger partial charge in [-0.2, -0.15) is 13.2 Å². The molecule has 1 aliphatic heterocycles. The van der Waals surface area contributed by atoms with Crippen molar-refractivity contribution in [1.82, 2.24) is 15.3 Å². The first-order valence-electron chi connectivity index (χ1n) is 6.61. The Labute approximate surface area is 124 Å². The van der Waals surface area contributed by atoms with Crippen molar-refractivity contribution < 1.29 is 17.9 Å². The van der Waals surface area contributed by atoms with Gasteiger partial charge in [0.05, 0.1) is 0 Å². The summed E-state index contributed by atoms with van der Waals surface area (Å²) >= 11 is 0. The van der Waals surface area contributed by atoms with Crippen LogP contribution in [0.25, 0.3) is 11.1 Å². The van der Waals surface area contributed by atoms with Crippen LogP contribution in [-0.4, -0.2) is 29.2 Å². The summed E-state index contributed by atoms with van der Waals surface area (Å²) in [6.45, 7) is 1.61. The molecule has 22 heavy (non-hydrogen) atoms. The number of nitrogens with two attached hydrogens (primary N) is 1. The minimum Gasteiger partial charge on any atom is -0.488 e. The van der Waals surface area contributed by atoms with Gasteiger partial charge in [0, 0.05) is 24.8 Å². The number of hydrogen-bond donors (Lipinski definition) is 2. The Morgan fingerprint density at radius 3 is 2.36 bits per heavy atom. The summed E-state index contributed by atoms with van der Waals surface area (Å²) in [6, 6.07) is 6.91. The van der Waals surface area contributed by atoms with Crippen LogP contribution in [-0.2, 0) is 6.18 Å². The van der Waals surface area contributed by atoms with E-state index in [1.165, 1.54) is 0 Å². The van der Waals surface area contributed by atoms with Gasteiger partial charge in [-0.1, -0.05) is 12.1 Å². The average Bonchev–Trinajstić information content (AvgIpc) is 2.43. The largest absolute Gasteiger partial charge is 0.488 e. The lowest BCUT2D eigenvalue weighted by Gasteiger charge is -2.27. The van der Waals surface area contributed by atoms with Crippen LogP contribution < -0.4 is 15.8 Å². The van der Waals surface area contributed by atoms with Crippen LogP contribution in [0.1, 0.15) is 5.82 Å². The number of nitrogens with zero attached hydrogens (tertiary/aromatic N) is 2. The fraction of sp³-hybridized carbons (Fsp3) is 0.286. The Balaban J connectivity index is 1.81. The van der Waals surface area contributed by atoms with Crippen molar-refractivity contribution in [3.63, 3.8) is 0 Å². The second kappa shape index (κ2) is 5.45. The SMILES string of the molecule is Nc1nc(C(F)(F)F)ncc1-c1ccc(OC2CNC2)cc1. The third-order valence-corrected chi connectivity index (χ3v) is 3.28. The van der Waals surface area contributed by atoms with Crippen molar-refractivity contribution >= 4 is 5.82 Å². The van der Waals surface area contributed by atoms with Crippen LogP contribution in [0.3, 0.4) is 0 Å². The number of aromatic nitrogens is 2. The molecule has 116 valence electrons. The van der Waals surface area contributed by atoms with Gasteiger partial charge >= 0.3 is 6.18 Å². The Morgan fingerprint density at radius 2 is 1.86 bits per heavy atom. The van der Waals surface area contributed by atoms with E-state index in [-0.39, 0.29) is 11.9 Å². The molecule has 2 heterocycles. The molecule has 0 amide bonds. The molecule has 1 saturated heterocycles. The lowest BCUT2D eigenvalue weighted by atomic mass is 10.1. The Kier molecular flexibility index (Phi) is 3.61. The van der Waals surface area contributed by atoms with Crippen molar-refractivity contribution in [2.24, 2.45) is 0 Å². The van der Waals surface area contributed by atoms with E-state index in [4.69, 9.17) is 10.5 Å². The number of nitrogens with one attached hydrogen (secondary N) is 1. The summed E-state index contributed by atoms with van der Waals surface area (Å²) < 4.78 is 43.2. The number of anilines is 1. The fourth-order valence-corrected chi connectivity index (χ4v) is 2.01. The molecule has 1 aliphatic rings. The molecule has 1 aromatic carbocycles. The standard InChI is InChI=1S/C14H13F3N4O/c15-14(16,17)13-20-7-11(12(18)21-13)8-1-3-9(4-2-8)22-10-5-19-6-10/h1-4,7,10,19H,5-6H2,(H2,18,20,21). The van der Waals surface area contributed by atoms with Crippen LogP contribution in [0, 0.1) is 0 Å². The number of rotatable bonds is 3. The third kappa shape index (κ3) is 2.96. The van der Waals surface area contributed by atoms with Crippen LogP contribution >= 0.6 is 0 Å². The molecular formula is C14H13F3N4O. The van der Waals surface area contributed by atoms with Gasteiger partial charge in [0.2, 0.25) is 5.82 Å². The van der Waals surface area contributed by atoms with E-state index in [0.717, 1.165) is 19.3 Å². The second-order valence-corrected chi connectivity index (χ2v) is 4.91. The Bertz CT molecular complexity index is 669. The first-order valence-corrected chi connectivity index (χ1v) is 6.61. The zero-order chi connectivity index (χ0) is 15.7. The molecule has 2 aromatic rings. The van der Waals surface area contributed by atoms with Gasteiger partial charge in [-0.3, -0.25) is 0 Å². The first-order chi connectivity index (χ1) is 10.4. The highest BCUT2D eigenvalue weighted by molar-refractivity contribution is 5.73. The molecule has 0 spiro atoms. The molecule has 0 radical (unpaired) electrons. The molecule has 3 rings (SSSR count). The summed E-state index contributed by atoms with van der Waals surface area (Å²) in [5, 5.41) is 3.09. The number of halogens is 3. The predicted molar refractivity (Wildman–Crippen MR) is 74.2 cm³/mol. The van der Waals surface area contributed by atoms with Gasteiger partial charge in [-0.05, 0) is 17.7 Å². The minimum absolute atomic E-state index is 0.158. The molecule has 0 saturated carbocycles. The maximum atomic E-state index is 12.5. The summed E-state index contributed by atoms with van der Waals surface area (Å²) in [6.07, 6.45) is -3.37. The summed E-state index contributed by atoms with van der Waals surface area (Å²) in [5.74, 6) is -0.757. The van der Waals surface area contributed by atoms with Crippen LogP contribution in [0.4, 0.5) is 19.0 Å². The highest BCUT2D eigenvalue weighted by Crippen LogP contribution is 2.30. The van der Waals surface area contributed by atoms with E-state index in [1.54, 1.807) is 24.3 Å². The zero-order valence-corrected chi connectivity index (χ0v) is 11.4. The van der Waals surface area contributed by atoms with Crippen molar-refractivity contribution in [2.75, 3.05) is 18.8 Å². The van der Waals surface area contributed by atoms with Crippen LogP contribution in [0.2, 0.25) is 0 Å². The van der Waals surface area contributed by atoms with Crippen molar-refractivity contribution in [3.05, 3.63) is 36.3 Å². The second-order valence-electron chi connectivity index (χ2n) is 4.91. The molecule has 8 heteroatoms. The van der Waals surface area contributed by atoms with Crippen LogP contribution in [0.5, 0.6) is 5.75 Å². The smallest absolute Gasteiger partial charge is 0.451 e. The Hall–Kier alpha value is -2.35. The molecule has 0 aliphatic carbocycles. The summed E-state index contributed by atoms with van der Waals surface area (Å²) in [7, 11) is 0. The fourth-order valence-electron chi connectivity index (χ4n) is 2.01. The van der Waals surface area contributed by atoms with E-state index in [0.29, 0.717) is 16.9 Å². The van der Waals surface area contributed by atoms with E-state index in [1.807, 2.05) is 0 Å². The molecule has 1 aromatic heterocycles. The number of benzene rings is 1. The van der Waals surface area contributed by atoms with E-state index < -0.39 is 12.0 Å². The highest BCUT2D eigenvalue weighted by atomic mass is 19.4. The van der Waals surface area contributed by atoms with Gasteiger partial charge < -0.3 is 15.8 Å². The number of alkyl halides is 3. The van der Waals surface area contributed by atoms with E-state index >= 15 is 0 Å². The lowest BCUT2D eigenvalue weighted by Crippen LogP contribution is -2.50. The van der Waals surface area contributed by atoms with Gasteiger partial charge in [-0.25, -0.2) is 9.97 Å². The number of nitrogen functional groups attached to an aromatic ring is 1. The highest BCUT2D eigenvalue weighted by Gasteiger charge is 2.35. The third-order valence-electron chi connectivity index (χ3n) is 3.28. The maximum absolute atomic E-state index is 12.5. The first kappa shape index (κ1) is 14.6. The average molecular weight is 310 g/mol. The van der Waals surface area contributed by atoms with Crippen molar-refractivity contribution in [1.29, 1.82) is 0 Å². The van der Waals surface area contributed by atoms with E-state index in [9.17, 15) is 13.2 Å². The number of hydrogen-bond acceptors (Lipinski definition) is 5. The predicted octanol–water partition coefficient (Wildman–Crippen LogP) is 2.10. The Morgan fingerprint density at radius 1 is 1.18 bits per heavy atom. The lowest BCUT2D eigenvalue weighted by molar-refractivity contribution is -0.144. The quantitative estimate of drug-likeness (QED) is 0.908. The van der Waals surface area contributed by atoms with Gasteiger partial charge in [0.1, 0.15) is 17.7 Å². The molecule has 0 unspecified atom stereocenters. The van der Waals surface area contributed by atoms with Gasteiger partial charge in [-0.15, -0.1) is 0 Å². The van der Waals surface area contributed by atoms with Crippen molar-refractivity contribution in [3.8, 4) is 16.9 Å². The molecular weight excluding hydrogens is 297 g/mol. The monoisotopic (exact) mass is 310 g/mol. The summed E-state index contributed by atoms with van der Waals surface area (Å²) in [5.41, 5.74) is 6.59.